The number of benzene rings is 1. The summed E-state index contributed by atoms with van der Waals surface area (Å²) in [5.74, 6) is 0. The predicted octanol–water partition coefficient (Wildman–Crippen LogP) is 2.88. The number of hydrogen-bond donors (Lipinski definition) is 1. The Bertz CT molecular complexity index is 490. The average Bonchev–Trinajstić information content (AvgIpc) is 1.97. The van der Waals surface area contributed by atoms with Crippen LogP contribution < -0.4 is 6.15 Å². The summed E-state index contributed by atoms with van der Waals surface area (Å²) in [5.41, 5.74) is 2.04. The summed E-state index contributed by atoms with van der Waals surface area (Å²) in [4.78, 5) is -0.0829. The van der Waals surface area contributed by atoms with Gasteiger partial charge in [0.25, 0.3) is 0 Å². The third kappa shape index (κ3) is 3.52. The molecule has 0 fully saturated rings. The van der Waals surface area contributed by atoms with Gasteiger partial charge in [0.2, 0.25) is 0 Å². The molecule has 98 valence electrons. The van der Waals surface area contributed by atoms with E-state index >= 15 is 0 Å². The maximum Gasteiger partial charge on any atom is 0.124 e. The Morgan fingerprint density at radius 1 is 1.06 bits per heavy atom. The molecule has 4 nitrogen and oxygen atoms in total. The number of rotatable bonds is 1. The van der Waals surface area contributed by atoms with Crippen LogP contribution in [0.25, 0.3) is 0 Å². The third-order valence-corrected chi connectivity index (χ3v) is 3.72. The van der Waals surface area contributed by atoms with E-state index in [4.69, 9.17) is 0 Å². The lowest BCUT2D eigenvalue weighted by Gasteiger charge is -2.23. The van der Waals surface area contributed by atoms with Crippen LogP contribution in [0.3, 0.4) is 0 Å². The Morgan fingerprint density at radius 3 is 1.65 bits per heavy atom. The zero-order valence-electron chi connectivity index (χ0n) is 11.3. The zero-order valence-corrected chi connectivity index (χ0v) is 12.1. The summed E-state index contributed by atoms with van der Waals surface area (Å²) >= 11 is 0. The molecule has 1 aromatic rings. The lowest BCUT2D eigenvalue weighted by molar-refractivity contribution is 0.461. The van der Waals surface area contributed by atoms with E-state index in [0.29, 0.717) is 11.1 Å². The molecule has 4 N–H and O–H groups in total. The highest BCUT2D eigenvalue weighted by molar-refractivity contribution is 7.85. The second kappa shape index (κ2) is 4.76. The van der Waals surface area contributed by atoms with Crippen molar-refractivity contribution in [1.29, 1.82) is 0 Å². The van der Waals surface area contributed by atoms with Crippen LogP contribution in [0.5, 0.6) is 0 Å². The van der Waals surface area contributed by atoms with E-state index in [1.165, 1.54) is 0 Å². The Balaban J connectivity index is 0.00000256. The minimum Gasteiger partial charge on any atom is -0.744 e. The molecule has 0 spiro atoms. The summed E-state index contributed by atoms with van der Waals surface area (Å²) in [7, 11) is -4.38. The Morgan fingerprint density at radius 2 is 1.41 bits per heavy atom. The van der Waals surface area contributed by atoms with Gasteiger partial charge in [0.1, 0.15) is 10.1 Å². The minimum absolute atomic E-state index is 0. The van der Waals surface area contributed by atoms with Crippen LogP contribution in [0.1, 0.15) is 37.5 Å². The average molecular weight is 259 g/mol. The molecule has 0 amide bonds. The molecule has 0 heterocycles. The zero-order chi connectivity index (χ0) is 12.7. The maximum absolute atomic E-state index is 11.1. The van der Waals surface area contributed by atoms with E-state index in [2.05, 4.69) is 0 Å². The summed E-state index contributed by atoms with van der Waals surface area (Å²) in [6, 6.07) is 3.55. The SMILES string of the molecule is Cc1cc(C(C)(C)C)cc(C)c1S(=O)(=O)[O-].[NH4+]. The van der Waals surface area contributed by atoms with E-state index in [1.807, 2.05) is 20.8 Å². The molecule has 0 bridgehead atoms. The van der Waals surface area contributed by atoms with Crippen LogP contribution in [0.15, 0.2) is 17.0 Å². The molecule has 0 aliphatic heterocycles. The molecule has 0 atom stereocenters. The molecule has 0 aromatic heterocycles. The molecule has 1 aromatic carbocycles. The smallest absolute Gasteiger partial charge is 0.124 e. The summed E-state index contributed by atoms with van der Waals surface area (Å²) in [5, 5.41) is 0. The molecule has 0 radical (unpaired) electrons. The summed E-state index contributed by atoms with van der Waals surface area (Å²) in [6.45, 7) is 9.46. The first-order valence-electron chi connectivity index (χ1n) is 5.11. The molecule has 1 rings (SSSR count). The molecule has 5 heteroatoms. The van der Waals surface area contributed by atoms with Gasteiger partial charge in [0.15, 0.2) is 0 Å². The van der Waals surface area contributed by atoms with Crippen LogP contribution in [0.4, 0.5) is 0 Å². The molecule has 17 heavy (non-hydrogen) atoms. The van der Waals surface area contributed by atoms with Crippen LogP contribution in [-0.4, -0.2) is 13.0 Å². The van der Waals surface area contributed by atoms with Crippen molar-refractivity contribution in [3.63, 3.8) is 0 Å². The fraction of sp³-hybridized carbons (Fsp3) is 0.500. The second-order valence-electron chi connectivity index (χ2n) is 5.14. The number of quaternary nitrogens is 1. The molecule has 0 saturated carbocycles. The second-order valence-corrected chi connectivity index (χ2v) is 6.46. The van der Waals surface area contributed by atoms with Crippen molar-refractivity contribution < 1.29 is 13.0 Å². The molecule has 0 saturated heterocycles. The molecule has 0 unspecified atom stereocenters. The normalized spacial score (nSPS) is 12.1. The van der Waals surface area contributed by atoms with E-state index in [0.717, 1.165) is 5.56 Å². The van der Waals surface area contributed by atoms with Gasteiger partial charge in [-0.25, -0.2) is 8.42 Å². The van der Waals surface area contributed by atoms with Crippen LogP contribution in [0, 0.1) is 13.8 Å². The van der Waals surface area contributed by atoms with Gasteiger partial charge in [-0.3, -0.25) is 0 Å². The van der Waals surface area contributed by atoms with Crippen molar-refractivity contribution >= 4 is 10.1 Å². The number of aryl methyl sites for hydroxylation is 2. The largest absolute Gasteiger partial charge is 0.744 e. The molecule has 0 aliphatic rings. The lowest BCUT2D eigenvalue weighted by atomic mass is 9.85. The van der Waals surface area contributed by atoms with Crippen molar-refractivity contribution in [2.24, 2.45) is 0 Å². The van der Waals surface area contributed by atoms with Crippen molar-refractivity contribution in [2.45, 2.75) is 44.9 Å². The summed E-state index contributed by atoms with van der Waals surface area (Å²) in [6.07, 6.45) is 0. The minimum atomic E-state index is -4.38. The van der Waals surface area contributed by atoms with Crippen LogP contribution in [0.2, 0.25) is 0 Å². The van der Waals surface area contributed by atoms with E-state index in [-0.39, 0.29) is 16.5 Å². The fourth-order valence-corrected chi connectivity index (χ4v) is 2.68. The van der Waals surface area contributed by atoms with Gasteiger partial charge in [-0.05, 0) is 36.0 Å². The van der Waals surface area contributed by atoms with Gasteiger partial charge in [-0.2, -0.15) is 0 Å². The van der Waals surface area contributed by atoms with Gasteiger partial charge in [-0.1, -0.05) is 32.9 Å². The van der Waals surface area contributed by atoms with E-state index < -0.39 is 10.1 Å². The lowest BCUT2D eigenvalue weighted by Crippen LogP contribution is -2.14. The highest BCUT2D eigenvalue weighted by Gasteiger charge is 2.18. The van der Waals surface area contributed by atoms with E-state index in [9.17, 15) is 13.0 Å². The van der Waals surface area contributed by atoms with Crippen molar-refractivity contribution in [1.82, 2.24) is 6.15 Å². The van der Waals surface area contributed by atoms with Gasteiger partial charge in [-0.15, -0.1) is 0 Å². The first-order valence-corrected chi connectivity index (χ1v) is 6.52. The Hall–Kier alpha value is -0.910. The highest BCUT2D eigenvalue weighted by Crippen LogP contribution is 2.28. The van der Waals surface area contributed by atoms with Crippen molar-refractivity contribution in [2.75, 3.05) is 0 Å². The first-order chi connectivity index (χ1) is 7.03. The molecular weight excluding hydrogens is 238 g/mol. The summed E-state index contributed by atoms with van der Waals surface area (Å²) < 4.78 is 33.2. The predicted molar refractivity (Wildman–Crippen MR) is 68.6 cm³/mol. The Kier molecular flexibility index (Phi) is 4.50. The van der Waals surface area contributed by atoms with Crippen LogP contribution >= 0.6 is 0 Å². The monoisotopic (exact) mass is 259 g/mol. The van der Waals surface area contributed by atoms with Crippen molar-refractivity contribution in [3.8, 4) is 0 Å². The molecule has 0 aliphatic carbocycles. The highest BCUT2D eigenvalue weighted by atomic mass is 32.2. The van der Waals surface area contributed by atoms with E-state index in [1.54, 1.807) is 26.0 Å². The topological polar surface area (TPSA) is 93.7 Å². The van der Waals surface area contributed by atoms with Gasteiger partial charge in [0, 0.05) is 0 Å². The Labute approximate surface area is 103 Å². The van der Waals surface area contributed by atoms with Gasteiger partial charge < -0.3 is 10.7 Å². The van der Waals surface area contributed by atoms with Crippen molar-refractivity contribution in [3.05, 3.63) is 28.8 Å². The van der Waals surface area contributed by atoms with Gasteiger partial charge >= 0.3 is 0 Å². The number of hydrogen-bond acceptors (Lipinski definition) is 3. The van der Waals surface area contributed by atoms with Gasteiger partial charge in [0.05, 0.1) is 4.90 Å². The fourth-order valence-electron chi connectivity index (χ4n) is 1.78. The standard InChI is InChI=1S/C12H18O3S.H3N/c1-8-6-10(12(3,4)5)7-9(2)11(8)16(13,14)15;/h6-7H,1-5H3,(H,13,14,15);1H3. The first kappa shape index (κ1) is 16.1. The maximum atomic E-state index is 11.1. The van der Waals surface area contributed by atoms with Crippen LogP contribution in [-0.2, 0) is 15.5 Å². The quantitative estimate of drug-likeness (QED) is 0.785. The molecular formula is C12H21NO3S. The third-order valence-electron chi connectivity index (χ3n) is 2.58.